The zero-order valence-corrected chi connectivity index (χ0v) is 11.4. The van der Waals surface area contributed by atoms with E-state index in [1.165, 1.54) is 11.1 Å². The minimum absolute atomic E-state index is 0.651. The number of hydrogen-bond donors (Lipinski definition) is 1. The standard InChI is InChI=1S/C14H21N3O/c1-11-5-4-6-12(2)13(11)18-10-8-16-14-15-7-9-17(14)3/h4-6H,7-10H2,1-3H3,(H,15,16). The van der Waals surface area contributed by atoms with Crippen molar-refractivity contribution >= 4 is 5.96 Å². The molecule has 0 aromatic heterocycles. The molecule has 0 atom stereocenters. The van der Waals surface area contributed by atoms with Crippen molar-refractivity contribution in [3.05, 3.63) is 29.3 Å². The Hall–Kier alpha value is -1.71. The minimum Gasteiger partial charge on any atom is -0.491 e. The van der Waals surface area contributed by atoms with Crippen molar-refractivity contribution in [1.82, 2.24) is 10.2 Å². The Labute approximate surface area is 109 Å². The van der Waals surface area contributed by atoms with Gasteiger partial charge in [-0.05, 0) is 25.0 Å². The number of guanidine groups is 1. The van der Waals surface area contributed by atoms with Gasteiger partial charge in [0.25, 0.3) is 0 Å². The summed E-state index contributed by atoms with van der Waals surface area (Å²) in [6.45, 7) is 7.46. The first-order valence-corrected chi connectivity index (χ1v) is 6.37. The summed E-state index contributed by atoms with van der Waals surface area (Å²) in [6, 6.07) is 6.20. The SMILES string of the molecule is Cc1cccc(C)c1OCCNC1=NCCN1C. The van der Waals surface area contributed by atoms with Crippen LogP contribution in [0.5, 0.6) is 5.75 Å². The first-order chi connectivity index (χ1) is 8.68. The number of aliphatic imine (C=N–C) groups is 1. The molecule has 1 aliphatic rings. The predicted octanol–water partition coefficient (Wildman–Crippen LogP) is 1.57. The molecule has 0 amide bonds. The highest BCUT2D eigenvalue weighted by atomic mass is 16.5. The van der Waals surface area contributed by atoms with Crippen LogP contribution >= 0.6 is 0 Å². The van der Waals surface area contributed by atoms with Gasteiger partial charge in [-0.1, -0.05) is 18.2 Å². The molecular weight excluding hydrogens is 226 g/mol. The van der Waals surface area contributed by atoms with Gasteiger partial charge in [-0.3, -0.25) is 4.99 Å². The number of benzene rings is 1. The second-order valence-electron chi connectivity index (χ2n) is 4.62. The van der Waals surface area contributed by atoms with Gasteiger partial charge < -0.3 is 15.0 Å². The van der Waals surface area contributed by atoms with Gasteiger partial charge in [0.05, 0.1) is 13.1 Å². The molecular formula is C14H21N3O. The highest BCUT2D eigenvalue weighted by Crippen LogP contribution is 2.21. The van der Waals surface area contributed by atoms with E-state index in [2.05, 4.69) is 47.3 Å². The van der Waals surface area contributed by atoms with Crippen molar-refractivity contribution in [2.24, 2.45) is 4.99 Å². The van der Waals surface area contributed by atoms with Crippen LogP contribution in [-0.2, 0) is 0 Å². The molecule has 0 aliphatic carbocycles. The number of ether oxygens (including phenoxy) is 1. The molecule has 0 fully saturated rings. The Kier molecular flexibility index (Phi) is 4.07. The molecule has 0 saturated carbocycles. The maximum Gasteiger partial charge on any atom is 0.193 e. The molecule has 4 heteroatoms. The van der Waals surface area contributed by atoms with Gasteiger partial charge in [0, 0.05) is 13.6 Å². The Bertz CT molecular complexity index is 422. The van der Waals surface area contributed by atoms with E-state index in [1.54, 1.807) is 0 Å². The van der Waals surface area contributed by atoms with Crippen molar-refractivity contribution in [3.63, 3.8) is 0 Å². The number of hydrogen-bond acceptors (Lipinski definition) is 4. The van der Waals surface area contributed by atoms with Crippen molar-refractivity contribution in [1.29, 1.82) is 0 Å². The smallest absolute Gasteiger partial charge is 0.193 e. The molecule has 4 nitrogen and oxygen atoms in total. The fourth-order valence-corrected chi connectivity index (χ4v) is 2.07. The largest absolute Gasteiger partial charge is 0.491 e. The van der Waals surface area contributed by atoms with Crippen molar-refractivity contribution < 1.29 is 4.74 Å². The Morgan fingerprint density at radius 1 is 1.33 bits per heavy atom. The lowest BCUT2D eigenvalue weighted by Gasteiger charge is -2.16. The molecule has 1 heterocycles. The van der Waals surface area contributed by atoms with Gasteiger partial charge in [-0.15, -0.1) is 0 Å². The molecule has 0 spiro atoms. The Balaban J connectivity index is 1.79. The fourth-order valence-electron chi connectivity index (χ4n) is 2.07. The van der Waals surface area contributed by atoms with Crippen molar-refractivity contribution in [3.8, 4) is 5.75 Å². The number of nitrogens with zero attached hydrogens (tertiary/aromatic N) is 2. The lowest BCUT2D eigenvalue weighted by molar-refractivity contribution is 0.316. The monoisotopic (exact) mass is 247 g/mol. The summed E-state index contributed by atoms with van der Waals surface area (Å²) in [6.07, 6.45) is 0. The average Bonchev–Trinajstić information content (AvgIpc) is 2.73. The van der Waals surface area contributed by atoms with Crippen LogP contribution in [0.4, 0.5) is 0 Å². The van der Waals surface area contributed by atoms with E-state index in [4.69, 9.17) is 4.74 Å². The number of likely N-dealkylation sites (N-methyl/N-ethyl adjacent to an activating group) is 1. The predicted molar refractivity (Wildman–Crippen MR) is 74.3 cm³/mol. The maximum absolute atomic E-state index is 5.83. The van der Waals surface area contributed by atoms with Crippen LogP contribution in [0.2, 0.25) is 0 Å². The van der Waals surface area contributed by atoms with Crippen molar-refractivity contribution in [2.45, 2.75) is 13.8 Å². The molecule has 1 aromatic carbocycles. The van der Waals surface area contributed by atoms with Crippen LogP contribution in [-0.4, -0.2) is 44.1 Å². The summed E-state index contributed by atoms with van der Waals surface area (Å²) in [5, 5.41) is 3.29. The molecule has 1 N–H and O–H groups in total. The summed E-state index contributed by atoms with van der Waals surface area (Å²) in [5.41, 5.74) is 2.37. The molecule has 0 saturated heterocycles. The van der Waals surface area contributed by atoms with Crippen LogP contribution in [0.25, 0.3) is 0 Å². The van der Waals surface area contributed by atoms with E-state index in [-0.39, 0.29) is 0 Å². The number of nitrogens with one attached hydrogen (secondary N) is 1. The van der Waals surface area contributed by atoms with Gasteiger partial charge in [0.1, 0.15) is 12.4 Å². The van der Waals surface area contributed by atoms with Crippen LogP contribution < -0.4 is 10.1 Å². The van der Waals surface area contributed by atoms with Crippen LogP contribution in [0.3, 0.4) is 0 Å². The molecule has 2 rings (SSSR count). The summed E-state index contributed by atoms with van der Waals surface area (Å²) < 4.78 is 5.83. The van der Waals surface area contributed by atoms with E-state index in [0.717, 1.165) is 31.3 Å². The maximum atomic E-state index is 5.83. The highest BCUT2D eigenvalue weighted by molar-refractivity contribution is 5.81. The summed E-state index contributed by atoms with van der Waals surface area (Å²) in [7, 11) is 2.05. The molecule has 0 radical (unpaired) electrons. The zero-order valence-electron chi connectivity index (χ0n) is 11.4. The van der Waals surface area contributed by atoms with Gasteiger partial charge in [0.2, 0.25) is 0 Å². The van der Waals surface area contributed by atoms with E-state index in [9.17, 15) is 0 Å². The van der Waals surface area contributed by atoms with Gasteiger partial charge in [-0.25, -0.2) is 0 Å². The molecule has 0 unspecified atom stereocenters. The summed E-state index contributed by atoms with van der Waals surface area (Å²) in [5.74, 6) is 1.97. The second-order valence-corrected chi connectivity index (χ2v) is 4.62. The van der Waals surface area contributed by atoms with Crippen LogP contribution in [0, 0.1) is 13.8 Å². The van der Waals surface area contributed by atoms with Gasteiger partial charge in [0.15, 0.2) is 5.96 Å². The van der Waals surface area contributed by atoms with E-state index < -0.39 is 0 Å². The lowest BCUT2D eigenvalue weighted by atomic mass is 10.1. The molecule has 0 bridgehead atoms. The van der Waals surface area contributed by atoms with Gasteiger partial charge >= 0.3 is 0 Å². The van der Waals surface area contributed by atoms with Crippen molar-refractivity contribution in [2.75, 3.05) is 33.3 Å². The third-order valence-electron chi connectivity index (χ3n) is 3.10. The average molecular weight is 247 g/mol. The molecule has 98 valence electrons. The van der Waals surface area contributed by atoms with E-state index in [0.29, 0.717) is 6.61 Å². The van der Waals surface area contributed by atoms with E-state index in [1.807, 2.05) is 7.05 Å². The number of para-hydroxylation sites is 1. The van der Waals surface area contributed by atoms with Gasteiger partial charge in [-0.2, -0.15) is 0 Å². The third kappa shape index (κ3) is 2.94. The van der Waals surface area contributed by atoms with E-state index >= 15 is 0 Å². The fraction of sp³-hybridized carbons (Fsp3) is 0.500. The number of rotatable bonds is 4. The third-order valence-corrected chi connectivity index (χ3v) is 3.10. The van der Waals surface area contributed by atoms with Crippen LogP contribution in [0.1, 0.15) is 11.1 Å². The molecule has 1 aromatic rings. The summed E-state index contributed by atoms with van der Waals surface area (Å²) >= 11 is 0. The Morgan fingerprint density at radius 2 is 2.06 bits per heavy atom. The zero-order chi connectivity index (χ0) is 13.0. The van der Waals surface area contributed by atoms with Crippen LogP contribution in [0.15, 0.2) is 23.2 Å². The first kappa shape index (κ1) is 12.7. The summed E-state index contributed by atoms with van der Waals surface area (Å²) in [4.78, 5) is 6.50. The quantitative estimate of drug-likeness (QED) is 0.821. The topological polar surface area (TPSA) is 36.9 Å². The Morgan fingerprint density at radius 3 is 2.67 bits per heavy atom. The first-order valence-electron chi connectivity index (χ1n) is 6.37. The minimum atomic E-state index is 0.651. The molecule has 18 heavy (non-hydrogen) atoms. The lowest BCUT2D eigenvalue weighted by Crippen LogP contribution is -2.37. The highest BCUT2D eigenvalue weighted by Gasteiger charge is 2.11. The molecule has 1 aliphatic heterocycles. The number of aryl methyl sites for hydroxylation is 2. The second kappa shape index (κ2) is 5.76. The normalized spacial score (nSPS) is 14.6.